The molecule has 2 aromatic rings. The van der Waals surface area contributed by atoms with Gasteiger partial charge in [-0.2, -0.15) is 0 Å². The molecule has 0 unspecified atom stereocenters. The Kier molecular flexibility index (Phi) is 5.81. The third-order valence-corrected chi connectivity index (χ3v) is 4.13. The second-order valence-electron chi connectivity index (χ2n) is 4.72. The summed E-state index contributed by atoms with van der Waals surface area (Å²) in [5.41, 5.74) is 1.44. The highest BCUT2D eigenvalue weighted by molar-refractivity contribution is 7.17. The Labute approximate surface area is 139 Å². The van der Waals surface area contributed by atoms with Crippen molar-refractivity contribution in [1.29, 1.82) is 0 Å². The second kappa shape index (κ2) is 7.82. The van der Waals surface area contributed by atoms with Crippen molar-refractivity contribution in [2.24, 2.45) is 0 Å². The molecule has 6 nitrogen and oxygen atoms in total. The molecule has 0 spiro atoms. The van der Waals surface area contributed by atoms with Crippen LogP contribution < -0.4 is 19.9 Å². The van der Waals surface area contributed by atoms with E-state index in [-0.39, 0.29) is 4.88 Å². The van der Waals surface area contributed by atoms with Crippen LogP contribution in [0, 0.1) is 6.92 Å². The van der Waals surface area contributed by atoms with Crippen LogP contribution >= 0.6 is 11.3 Å². The first-order valence-electron chi connectivity index (χ1n) is 7.36. The summed E-state index contributed by atoms with van der Waals surface area (Å²) in [6.07, 6.45) is 0. The third-order valence-electron chi connectivity index (χ3n) is 3.03. The van der Waals surface area contributed by atoms with Crippen LogP contribution in [0.2, 0.25) is 0 Å². The molecule has 0 atom stereocenters. The normalized spacial score (nSPS) is 10.4. The van der Waals surface area contributed by atoms with Gasteiger partial charge in [-0.05, 0) is 38.5 Å². The summed E-state index contributed by atoms with van der Waals surface area (Å²) in [6, 6.07) is 5.70. The molecule has 1 heterocycles. The van der Waals surface area contributed by atoms with Crippen LogP contribution in [-0.2, 0) is 6.54 Å². The van der Waals surface area contributed by atoms with Crippen molar-refractivity contribution < 1.29 is 19.4 Å². The van der Waals surface area contributed by atoms with Gasteiger partial charge in [0.1, 0.15) is 0 Å². The maximum absolute atomic E-state index is 10.9. The number of carboxylic acids is 1. The van der Waals surface area contributed by atoms with Crippen molar-refractivity contribution in [2.45, 2.75) is 27.3 Å². The maximum Gasteiger partial charge on any atom is 0.183 e. The molecule has 1 aromatic heterocycles. The number of hydrogen-bond acceptors (Lipinski definition) is 7. The number of ether oxygens (including phenoxy) is 2. The number of hydrogen-bond donors (Lipinski definition) is 1. The van der Waals surface area contributed by atoms with Crippen LogP contribution in [0.3, 0.4) is 0 Å². The quantitative estimate of drug-likeness (QED) is 0.796. The first-order chi connectivity index (χ1) is 11.0. The number of aromatic carboxylic acids is 1. The van der Waals surface area contributed by atoms with Crippen LogP contribution in [0.25, 0.3) is 0 Å². The van der Waals surface area contributed by atoms with Gasteiger partial charge in [0.2, 0.25) is 0 Å². The SMILES string of the molecule is CCOc1ccc(CNc2nc(C)c(C(=O)[O-])s2)cc1OCC. The number of rotatable bonds is 8. The molecule has 0 bridgehead atoms. The lowest BCUT2D eigenvalue weighted by Crippen LogP contribution is -2.21. The van der Waals surface area contributed by atoms with Crippen LogP contribution in [0.1, 0.15) is 34.8 Å². The number of anilines is 1. The lowest BCUT2D eigenvalue weighted by molar-refractivity contribution is -0.254. The molecule has 1 aromatic carbocycles. The third kappa shape index (κ3) is 4.35. The van der Waals surface area contributed by atoms with Gasteiger partial charge in [-0.1, -0.05) is 17.4 Å². The molecular formula is C16H19N2O4S-. The predicted molar refractivity (Wildman–Crippen MR) is 87.3 cm³/mol. The van der Waals surface area contributed by atoms with Crippen LogP contribution in [0.4, 0.5) is 5.13 Å². The Bertz CT molecular complexity index is 685. The largest absolute Gasteiger partial charge is 0.544 e. The Balaban J connectivity index is 2.09. The number of nitrogens with zero attached hydrogens (tertiary/aromatic N) is 1. The minimum absolute atomic E-state index is 0.147. The molecule has 0 amide bonds. The molecule has 0 saturated heterocycles. The fourth-order valence-electron chi connectivity index (χ4n) is 2.04. The van der Waals surface area contributed by atoms with Crippen molar-refractivity contribution in [2.75, 3.05) is 18.5 Å². The molecule has 1 N–H and O–H groups in total. The van der Waals surface area contributed by atoms with Gasteiger partial charge in [-0.3, -0.25) is 0 Å². The van der Waals surface area contributed by atoms with E-state index >= 15 is 0 Å². The molecule has 0 aliphatic heterocycles. The van der Waals surface area contributed by atoms with Gasteiger partial charge in [-0.25, -0.2) is 4.98 Å². The van der Waals surface area contributed by atoms with E-state index in [0.717, 1.165) is 16.9 Å². The molecule has 124 valence electrons. The molecule has 0 aliphatic carbocycles. The van der Waals surface area contributed by atoms with Gasteiger partial charge in [0.25, 0.3) is 0 Å². The van der Waals surface area contributed by atoms with Gasteiger partial charge in [-0.15, -0.1) is 0 Å². The number of benzene rings is 1. The minimum atomic E-state index is -1.20. The Morgan fingerprint density at radius 1 is 1.26 bits per heavy atom. The van der Waals surface area contributed by atoms with E-state index in [0.29, 0.717) is 42.1 Å². The first kappa shape index (κ1) is 17.1. The van der Waals surface area contributed by atoms with Crippen molar-refractivity contribution in [3.63, 3.8) is 0 Å². The first-order valence-corrected chi connectivity index (χ1v) is 8.18. The summed E-state index contributed by atoms with van der Waals surface area (Å²) in [6.45, 7) is 7.12. The molecule has 2 rings (SSSR count). The monoisotopic (exact) mass is 335 g/mol. The second-order valence-corrected chi connectivity index (χ2v) is 5.72. The summed E-state index contributed by atoms with van der Waals surface area (Å²) < 4.78 is 11.1. The van der Waals surface area contributed by atoms with Crippen molar-refractivity contribution in [3.8, 4) is 11.5 Å². The van der Waals surface area contributed by atoms with Crippen molar-refractivity contribution in [1.82, 2.24) is 4.98 Å². The standard InChI is InChI=1S/C16H20N2O4S/c1-4-21-12-7-6-11(8-13(12)22-5-2)9-17-16-18-10(3)14(23-16)15(19)20/h6-8H,4-5,9H2,1-3H3,(H,17,18)(H,19,20)/p-1. The van der Waals surface area contributed by atoms with E-state index in [2.05, 4.69) is 10.3 Å². The van der Waals surface area contributed by atoms with Gasteiger partial charge >= 0.3 is 0 Å². The van der Waals surface area contributed by atoms with E-state index in [1.54, 1.807) is 6.92 Å². The van der Waals surface area contributed by atoms with Crippen LogP contribution in [-0.4, -0.2) is 24.2 Å². The van der Waals surface area contributed by atoms with Gasteiger partial charge in [0, 0.05) is 6.54 Å². The zero-order valence-electron chi connectivity index (χ0n) is 13.3. The molecule has 0 fully saturated rings. The van der Waals surface area contributed by atoms with Gasteiger partial charge in [0.05, 0.1) is 29.8 Å². The summed E-state index contributed by atoms with van der Waals surface area (Å²) in [4.78, 5) is 15.3. The van der Waals surface area contributed by atoms with Gasteiger partial charge in [0.15, 0.2) is 16.6 Å². The minimum Gasteiger partial charge on any atom is -0.544 e. The fraction of sp³-hybridized carbons (Fsp3) is 0.375. The predicted octanol–water partition coefficient (Wildman–Crippen LogP) is 2.22. The molecule has 23 heavy (non-hydrogen) atoms. The average Bonchev–Trinajstić information content (AvgIpc) is 2.89. The maximum atomic E-state index is 10.9. The highest BCUT2D eigenvalue weighted by Crippen LogP contribution is 2.29. The van der Waals surface area contributed by atoms with Crippen LogP contribution in [0.15, 0.2) is 18.2 Å². The summed E-state index contributed by atoms with van der Waals surface area (Å²) in [7, 11) is 0. The Hall–Kier alpha value is -2.28. The molecule has 0 radical (unpaired) electrons. The van der Waals surface area contributed by atoms with Crippen LogP contribution in [0.5, 0.6) is 11.5 Å². The van der Waals surface area contributed by atoms with E-state index < -0.39 is 5.97 Å². The van der Waals surface area contributed by atoms with Crippen molar-refractivity contribution in [3.05, 3.63) is 34.3 Å². The molecular weight excluding hydrogens is 316 g/mol. The zero-order chi connectivity index (χ0) is 16.8. The number of carbonyl (C=O) groups is 1. The number of carboxylic acid groups (broad SMARTS) is 1. The Morgan fingerprint density at radius 3 is 2.57 bits per heavy atom. The summed E-state index contributed by atoms with van der Waals surface area (Å²) >= 11 is 1.07. The molecule has 0 aliphatic rings. The highest BCUT2D eigenvalue weighted by atomic mass is 32.1. The Morgan fingerprint density at radius 2 is 1.96 bits per heavy atom. The number of aryl methyl sites for hydroxylation is 1. The fourth-order valence-corrected chi connectivity index (χ4v) is 2.84. The number of carbonyl (C=O) groups excluding carboxylic acids is 1. The van der Waals surface area contributed by atoms with E-state index in [9.17, 15) is 9.90 Å². The lowest BCUT2D eigenvalue weighted by Gasteiger charge is -2.12. The topological polar surface area (TPSA) is 83.5 Å². The molecule has 7 heteroatoms. The highest BCUT2D eigenvalue weighted by Gasteiger charge is 2.09. The van der Waals surface area contributed by atoms with Crippen molar-refractivity contribution >= 4 is 22.4 Å². The number of thiazole rings is 1. The summed E-state index contributed by atoms with van der Waals surface area (Å²) in [5.74, 6) is 0.203. The van der Waals surface area contributed by atoms with Gasteiger partial charge < -0.3 is 24.7 Å². The molecule has 0 saturated carbocycles. The number of aromatic nitrogens is 1. The summed E-state index contributed by atoms with van der Waals surface area (Å²) in [5, 5.41) is 14.6. The van der Waals surface area contributed by atoms with E-state index in [1.165, 1.54) is 0 Å². The lowest BCUT2D eigenvalue weighted by atomic mass is 10.2. The van der Waals surface area contributed by atoms with E-state index in [4.69, 9.17) is 9.47 Å². The zero-order valence-corrected chi connectivity index (χ0v) is 14.2. The van der Waals surface area contributed by atoms with E-state index in [1.807, 2.05) is 32.0 Å². The number of nitrogens with one attached hydrogen (secondary N) is 1. The average molecular weight is 335 g/mol. The smallest absolute Gasteiger partial charge is 0.183 e.